The van der Waals surface area contributed by atoms with Gasteiger partial charge in [-0.3, -0.25) is 0 Å². The van der Waals surface area contributed by atoms with E-state index in [-0.39, 0.29) is 5.75 Å². The Balaban J connectivity index is 2.52. The van der Waals surface area contributed by atoms with E-state index >= 15 is 0 Å². The first-order valence-corrected chi connectivity index (χ1v) is 7.85. The minimum Gasteiger partial charge on any atom is -0.494 e. The number of methoxy groups -OCH3 is 1. The van der Waals surface area contributed by atoms with Crippen molar-refractivity contribution in [2.24, 2.45) is 0 Å². The standard InChI is InChI=1S/C17H25F3N2O3/c1-11(12-6-7-14(24-5)13(18)8-12)21-9-17(19,20)10-22-15(23)25-16(2,3)4/h6-8,11,21H,9-10H2,1-5H3,(H,22,23). The van der Waals surface area contributed by atoms with Gasteiger partial charge >= 0.3 is 6.09 Å². The third kappa shape index (κ3) is 7.64. The molecule has 5 nitrogen and oxygen atoms in total. The molecule has 0 fully saturated rings. The molecule has 0 saturated heterocycles. The topological polar surface area (TPSA) is 59.6 Å². The molecule has 0 saturated carbocycles. The van der Waals surface area contributed by atoms with Gasteiger partial charge < -0.3 is 20.1 Å². The second-order valence-corrected chi connectivity index (χ2v) is 6.71. The molecule has 1 unspecified atom stereocenters. The summed E-state index contributed by atoms with van der Waals surface area (Å²) in [7, 11) is 1.35. The van der Waals surface area contributed by atoms with Crippen molar-refractivity contribution in [3.05, 3.63) is 29.6 Å². The van der Waals surface area contributed by atoms with Crippen molar-refractivity contribution in [1.82, 2.24) is 10.6 Å². The molecule has 0 aromatic heterocycles. The smallest absolute Gasteiger partial charge is 0.407 e. The number of hydrogen-bond acceptors (Lipinski definition) is 4. The normalized spacial score (nSPS) is 13.3. The number of benzene rings is 1. The maximum atomic E-state index is 13.9. The molecule has 1 aromatic carbocycles. The molecule has 0 aliphatic heterocycles. The first-order valence-electron chi connectivity index (χ1n) is 7.85. The zero-order chi connectivity index (χ0) is 19.3. The van der Waals surface area contributed by atoms with Gasteiger partial charge in [0, 0.05) is 6.04 Å². The SMILES string of the molecule is COc1ccc(C(C)NCC(F)(F)CNC(=O)OC(C)(C)C)cc1F. The lowest BCUT2D eigenvalue weighted by atomic mass is 10.1. The van der Waals surface area contributed by atoms with Crippen LogP contribution in [0, 0.1) is 5.82 Å². The van der Waals surface area contributed by atoms with Gasteiger partial charge in [-0.2, -0.15) is 0 Å². The van der Waals surface area contributed by atoms with Crippen LogP contribution in [-0.4, -0.2) is 37.8 Å². The van der Waals surface area contributed by atoms with Crippen molar-refractivity contribution in [1.29, 1.82) is 0 Å². The number of alkyl carbamates (subject to hydrolysis) is 1. The highest BCUT2D eigenvalue weighted by Gasteiger charge is 2.31. The molecule has 25 heavy (non-hydrogen) atoms. The minimum atomic E-state index is -3.18. The number of rotatable bonds is 7. The lowest BCUT2D eigenvalue weighted by Gasteiger charge is -2.23. The number of halogens is 3. The van der Waals surface area contributed by atoms with Crippen LogP contribution in [-0.2, 0) is 4.74 Å². The molecule has 1 amide bonds. The van der Waals surface area contributed by atoms with Crippen LogP contribution in [0.4, 0.5) is 18.0 Å². The maximum Gasteiger partial charge on any atom is 0.407 e. The van der Waals surface area contributed by atoms with E-state index in [9.17, 15) is 18.0 Å². The van der Waals surface area contributed by atoms with E-state index in [1.54, 1.807) is 33.8 Å². The molecular formula is C17H25F3N2O3. The van der Waals surface area contributed by atoms with Crippen LogP contribution in [0.2, 0.25) is 0 Å². The van der Waals surface area contributed by atoms with Crippen molar-refractivity contribution in [3.8, 4) is 5.75 Å². The van der Waals surface area contributed by atoms with E-state index in [0.717, 1.165) is 0 Å². The summed E-state index contributed by atoms with van der Waals surface area (Å²) in [5.41, 5.74) is -0.251. The van der Waals surface area contributed by atoms with Gasteiger partial charge in [0.15, 0.2) is 11.6 Å². The molecule has 0 aliphatic carbocycles. The molecule has 8 heteroatoms. The number of nitrogens with one attached hydrogen (secondary N) is 2. The predicted molar refractivity (Wildman–Crippen MR) is 88.6 cm³/mol. The second-order valence-electron chi connectivity index (χ2n) is 6.71. The average molecular weight is 362 g/mol. The van der Waals surface area contributed by atoms with Crippen LogP contribution >= 0.6 is 0 Å². The highest BCUT2D eigenvalue weighted by Crippen LogP contribution is 2.22. The molecule has 142 valence electrons. The first kappa shape index (κ1) is 21.1. The number of ether oxygens (including phenoxy) is 2. The third-order valence-corrected chi connectivity index (χ3v) is 3.23. The van der Waals surface area contributed by atoms with Gasteiger partial charge in [0.05, 0.1) is 20.2 Å². The lowest BCUT2D eigenvalue weighted by molar-refractivity contribution is -0.00525. The Hall–Kier alpha value is -1.96. The maximum absolute atomic E-state index is 13.9. The van der Waals surface area contributed by atoms with Gasteiger partial charge in [-0.05, 0) is 45.4 Å². The third-order valence-electron chi connectivity index (χ3n) is 3.23. The van der Waals surface area contributed by atoms with Crippen molar-refractivity contribution < 1.29 is 27.4 Å². The molecular weight excluding hydrogens is 337 g/mol. The summed E-state index contributed by atoms with van der Waals surface area (Å²) in [6.45, 7) is 5.01. The number of alkyl halides is 2. The van der Waals surface area contributed by atoms with Crippen molar-refractivity contribution in [2.75, 3.05) is 20.2 Å². The van der Waals surface area contributed by atoms with Crippen LogP contribution in [0.25, 0.3) is 0 Å². The van der Waals surface area contributed by atoms with Crippen LogP contribution in [0.1, 0.15) is 39.3 Å². The summed E-state index contributed by atoms with van der Waals surface area (Å²) in [5.74, 6) is -3.66. The fourth-order valence-electron chi connectivity index (χ4n) is 1.95. The van der Waals surface area contributed by atoms with Crippen LogP contribution < -0.4 is 15.4 Å². The molecule has 1 rings (SSSR count). The van der Waals surface area contributed by atoms with Gasteiger partial charge in [0.2, 0.25) is 0 Å². The van der Waals surface area contributed by atoms with Gasteiger partial charge in [-0.1, -0.05) is 6.07 Å². The Morgan fingerprint density at radius 2 is 1.88 bits per heavy atom. The van der Waals surface area contributed by atoms with E-state index in [2.05, 4.69) is 5.32 Å². The molecule has 0 spiro atoms. The summed E-state index contributed by atoms with van der Waals surface area (Å²) >= 11 is 0. The van der Waals surface area contributed by atoms with Crippen molar-refractivity contribution >= 4 is 6.09 Å². The van der Waals surface area contributed by atoms with Crippen LogP contribution in [0.3, 0.4) is 0 Å². The van der Waals surface area contributed by atoms with Gasteiger partial charge in [-0.25, -0.2) is 18.0 Å². The van der Waals surface area contributed by atoms with E-state index in [4.69, 9.17) is 9.47 Å². The molecule has 1 aromatic rings. The number of hydrogen-bond donors (Lipinski definition) is 2. The van der Waals surface area contributed by atoms with Gasteiger partial charge in [0.25, 0.3) is 5.92 Å². The number of carbonyl (C=O) groups is 1. The van der Waals surface area contributed by atoms with Crippen molar-refractivity contribution in [3.63, 3.8) is 0 Å². The Bertz CT molecular complexity index is 589. The van der Waals surface area contributed by atoms with Crippen LogP contribution in [0.15, 0.2) is 18.2 Å². The number of carbonyl (C=O) groups excluding carboxylic acids is 1. The fraction of sp³-hybridized carbons (Fsp3) is 0.588. The fourth-order valence-corrected chi connectivity index (χ4v) is 1.95. The predicted octanol–water partition coefficient (Wildman–Crippen LogP) is 3.64. The van der Waals surface area contributed by atoms with Crippen molar-refractivity contribution in [2.45, 2.75) is 45.3 Å². The van der Waals surface area contributed by atoms with E-state index in [0.29, 0.717) is 5.56 Å². The molecule has 2 N–H and O–H groups in total. The van der Waals surface area contributed by atoms with E-state index < -0.39 is 42.6 Å². The Morgan fingerprint density at radius 1 is 1.24 bits per heavy atom. The van der Waals surface area contributed by atoms with Gasteiger partial charge in [-0.15, -0.1) is 0 Å². The lowest BCUT2D eigenvalue weighted by Crippen LogP contribution is -2.45. The van der Waals surface area contributed by atoms with E-state index in [1.165, 1.54) is 19.2 Å². The first-order chi connectivity index (χ1) is 11.4. The summed E-state index contributed by atoms with van der Waals surface area (Å²) in [4.78, 5) is 11.4. The molecule has 0 radical (unpaired) electrons. The largest absolute Gasteiger partial charge is 0.494 e. The van der Waals surface area contributed by atoms with E-state index in [1.807, 2.05) is 5.32 Å². The Morgan fingerprint density at radius 3 is 2.40 bits per heavy atom. The summed E-state index contributed by atoms with van der Waals surface area (Å²) < 4.78 is 51.1. The highest BCUT2D eigenvalue weighted by atomic mass is 19.3. The summed E-state index contributed by atoms with van der Waals surface area (Å²) in [6.07, 6.45) is -0.905. The summed E-state index contributed by atoms with van der Waals surface area (Å²) in [5, 5.41) is 4.67. The second kappa shape index (κ2) is 8.42. The molecule has 0 aliphatic rings. The Labute approximate surface area is 145 Å². The Kier molecular flexibility index (Phi) is 7.10. The van der Waals surface area contributed by atoms with Crippen LogP contribution in [0.5, 0.6) is 5.75 Å². The molecule has 1 atom stereocenters. The monoisotopic (exact) mass is 362 g/mol. The summed E-state index contributed by atoms with van der Waals surface area (Å²) in [6, 6.07) is 3.75. The molecule has 0 bridgehead atoms. The zero-order valence-electron chi connectivity index (χ0n) is 15.1. The molecule has 0 heterocycles. The van der Waals surface area contributed by atoms with Gasteiger partial charge in [0.1, 0.15) is 5.60 Å². The average Bonchev–Trinajstić information content (AvgIpc) is 2.49. The quantitative estimate of drug-likeness (QED) is 0.777. The zero-order valence-corrected chi connectivity index (χ0v) is 15.1. The minimum absolute atomic E-state index is 0.0860. The number of amides is 1. The highest BCUT2D eigenvalue weighted by molar-refractivity contribution is 5.67.